The Hall–Kier alpha value is -2.21. The van der Waals surface area contributed by atoms with Crippen molar-refractivity contribution in [2.75, 3.05) is 0 Å². The highest BCUT2D eigenvalue weighted by Crippen LogP contribution is 2.15. The van der Waals surface area contributed by atoms with Crippen molar-refractivity contribution < 1.29 is 9.90 Å². The van der Waals surface area contributed by atoms with Gasteiger partial charge in [-0.15, -0.1) is 16.4 Å². The third-order valence-corrected chi connectivity index (χ3v) is 3.85. The molecule has 0 fully saturated rings. The summed E-state index contributed by atoms with van der Waals surface area (Å²) in [4.78, 5) is 12.2. The Morgan fingerprint density at radius 1 is 1.37 bits per heavy atom. The zero-order valence-corrected chi connectivity index (χ0v) is 10.8. The van der Waals surface area contributed by atoms with E-state index in [9.17, 15) is 4.79 Å². The fraction of sp³-hybridized carbons (Fsp3) is 0.154. The normalized spacial score (nSPS) is 10.9. The summed E-state index contributed by atoms with van der Waals surface area (Å²) in [5.74, 6) is -0.949. The van der Waals surface area contributed by atoms with E-state index < -0.39 is 5.97 Å². The van der Waals surface area contributed by atoms with Crippen molar-refractivity contribution in [1.29, 1.82) is 0 Å². The van der Waals surface area contributed by atoms with E-state index in [1.54, 1.807) is 34.2 Å². The fourth-order valence-corrected chi connectivity index (χ4v) is 2.64. The second-order valence-electron chi connectivity index (χ2n) is 4.15. The van der Waals surface area contributed by atoms with E-state index in [1.165, 1.54) is 4.88 Å². The molecule has 1 aromatic carbocycles. The lowest BCUT2D eigenvalue weighted by molar-refractivity contribution is 0.0697. The van der Waals surface area contributed by atoms with Gasteiger partial charge in [0.2, 0.25) is 0 Å². The first-order valence-corrected chi connectivity index (χ1v) is 6.71. The van der Waals surface area contributed by atoms with Crippen LogP contribution in [0.3, 0.4) is 0 Å². The molecule has 0 aliphatic carbocycles. The molecule has 0 aliphatic heterocycles. The predicted octanol–water partition coefficient (Wildman–Crippen LogP) is 2.43. The molecule has 0 amide bonds. The van der Waals surface area contributed by atoms with Crippen LogP contribution in [0.25, 0.3) is 11.0 Å². The average Bonchev–Trinajstić information content (AvgIpc) is 3.05. The molecular formula is C13H11N3O2S. The lowest BCUT2D eigenvalue weighted by Crippen LogP contribution is -2.02. The molecule has 0 saturated carbocycles. The quantitative estimate of drug-likeness (QED) is 0.792. The maximum absolute atomic E-state index is 10.9. The van der Waals surface area contributed by atoms with Gasteiger partial charge >= 0.3 is 5.97 Å². The SMILES string of the molecule is O=C(O)c1ccc2c(c1)nnn2CCc1cccs1. The van der Waals surface area contributed by atoms with Crippen LogP contribution in [0.1, 0.15) is 15.2 Å². The van der Waals surface area contributed by atoms with E-state index in [1.807, 2.05) is 11.4 Å². The van der Waals surface area contributed by atoms with Gasteiger partial charge in [-0.1, -0.05) is 11.3 Å². The standard InChI is InChI=1S/C13H11N3O2S/c17-13(18)9-3-4-12-11(8-9)14-15-16(12)6-5-10-2-1-7-19-10/h1-4,7-8H,5-6H2,(H,17,18). The van der Waals surface area contributed by atoms with Crippen LogP contribution in [0.15, 0.2) is 35.7 Å². The zero-order valence-electron chi connectivity index (χ0n) is 9.98. The van der Waals surface area contributed by atoms with Gasteiger partial charge in [-0.05, 0) is 29.6 Å². The minimum absolute atomic E-state index is 0.234. The third-order valence-electron chi connectivity index (χ3n) is 2.91. The number of fused-ring (bicyclic) bond motifs is 1. The lowest BCUT2D eigenvalue weighted by atomic mass is 10.2. The van der Waals surface area contributed by atoms with Crippen molar-refractivity contribution in [3.63, 3.8) is 0 Å². The van der Waals surface area contributed by atoms with Crippen LogP contribution in [0.4, 0.5) is 0 Å². The Bertz CT molecular complexity index is 719. The summed E-state index contributed by atoms with van der Waals surface area (Å²) >= 11 is 1.72. The summed E-state index contributed by atoms with van der Waals surface area (Å²) in [6, 6.07) is 9.00. The van der Waals surface area contributed by atoms with Crippen molar-refractivity contribution in [1.82, 2.24) is 15.0 Å². The summed E-state index contributed by atoms with van der Waals surface area (Å²) < 4.78 is 1.81. The molecule has 0 spiro atoms. The Morgan fingerprint density at radius 2 is 2.26 bits per heavy atom. The van der Waals surface area contributed by atoms with Crippen LogP contribution in [0, 0.1) is 0 Å². The van der Waals surface area contributed by atoms with Gasteiger partial charge in [-0.2, -0.15) is 0 Å². The number of carboxylic acid groups (broad SMARTS) is 1. The predicted molar refractivity (Wildman–Crippen MR) is 72.5 cm³/mol. The molecule has 19 heavy (non-hydrogen) atoms. The van der Waals surface area contributed by atoms with Crippen LogP contribution in [0.5, 0.6) is 0 Å². The highest BCUT2D eigenvalue weighted by Gasteiger charge is 2.09. The van der Waals surface area contributed by atoms with Crippen molar-refractivity contribution in [3.8, 4) is 0 Å². The number of aryl methyl sites for hydroxylation is 2. The van der Waals surface area contributed by atoms with Crippen molar-refractivity contribution in [2.24, 2.45) is 0 Å². The lowest BCUT2D eigenvalue weighted by Gasteiger charge is -2.01. The Kier molecular flexibility index (Phi) is 3.00. The maximum Gasteiger partial charge on any atom is 0.335 e. The van der Waals surface area contributed by atoms with Gasteiger partial charge in [0.05, 0.1) is 11.1 Å². The number of rotatable bonds is 4. The highest BCUT2D eigenvalue weighted by molar-refractivity contribution is 7.09. The molecule has 0 atom stereocenters. The number of aromatic carboxylic acids is 1. The zero-order chi connectivity index (χ0) is 13.2. The first kappa shape index (κ1) is 11.9. The Morgan fingerprint density at radius 3 is 3.00 bits per heavy atom. The number of carboxylic acids is 1. The summed E-state index contributed by atoms with van der Waals surface area (Å²) in [5, 5.41) is 19.1. The molecule has 0 bridgehead atoms. The number of hydrogen-bond acceptors (Lipinski definition) is 4. The second kappa shape index (κ2) is 4.81. The largest absolute Gasteiger partial charge is 0.478 e. The Balaban J connectivity index is 1.86. The van der Waals surface area contributed by atoms with Crippen molar-refractivity contribution >= 4 is 28.3 Å². The van der Waals surface area contributed by atoms with Gasteiger partial charge in [0.1, 0.15) is 5.52 Å². The minimum atomic E-state index is -0.949. The second-order valence-corrected chi connectivity index (χ2v) is 5.18. The molecule has 0 unspecified atom stereocenters. The number of carbonyl (C=O) groups is 1. The molecule has 1 N–H and O–H groups in total. The number of hydrogen-bond donors (Lipinski definition) is 1. The van der Waals surface area contributed by atoms with E-state index in [0.29, 0.717) is 5.52 Å². The summed E-state index contributed by atoms with van der Waals surface area (Å²) in [6.45, 7) is 0.740. The topological polar surface area (TPSA) is 68.0 Å². The summed E-state index contributed by atoms with van der Waals surface area (Å²) in [5.41, 5.74) is 1.71. The Labute approximate surface area is 113 Å². The minimum Gasteiger partial charge on any atom is -0.478 e. The van der Waals surface area contributed by atoms with Crippen LogP contribution in [-0.2, 0) is 13.0 Å². The van der Waals surface area contributed by atoms with E-state index >= 15 is 0 Å². The molecule has 3 rings (SSSR count). The average molecular weight is 273 g/mol. The fourth-order valence-electron chi connectivity index (χ4n) is 1.94. The van der Waals surface area contributed by atoms with Gasteiger partial charge in [-0.3, -0.25) is 0 Å². The molecule has 3 aromatic rings. The molecular weight excluding hydrogens is 262 g/mol. The maximum atomic E-state index is 10.9. The summed E-state index contributed by atoms with van der Waals surface area (Å²) in [6.07, 6.45) is 0.900. The molecule has 6 heteroatoms. The van der Waals surface area contributed by atoms with E-state index in [4.69, 9.17) is 5.11 Å². The van der Waals surface area contributed by atoms with Gasteiger partial charge in [0, 0.05) is 17.8 Å². The monoisotopic (exact) mass is 273 g/mol. The number of thiophene rings is 1. The van der Waals surface area contributed by atoms with E-state index in [2.05, 4.69) is 16.4 Å². The molecule has 5 nitrogen and oxygen atoms in total. The van der Waals surface area contributed by atoms with Crippen molar-refractivity contribution in [3.05, 3.63) is 46.2 Å². The number of benzene rings is 1. The first-order valence-electron chi connectivity index (χ1n) is 5.83. The number of aromatic nitrogens is 3. The molecule has 0 aliphatic rings. The third kappa shape index (κ3) is 2.34. The molecule has 96 valence electrons. The van der Waals surface area contributed by atoms with Crippen LogP contribution in [-0.4, -0.2) is 26.1 Å². The van der Waals surface area contributed by atoms with Crippen LogP contribution >= 0.6 is 11.3 Å². The number of nitrogens with zero attached hydrogens (tertiary/aromatic N) is 3. The van der Waals surface area contributed by atoms with Crippen molar-refractivity contribution in [2.45, 2.75) is 13.0 Å². The smallest absolute Gasteiger partial charge is 0.335 e. The van der Waals surface area contributed by atoms with Crippen LogP contribution in [0.2, 0.25) is 0 Å². The van der Waals surface area contributed by atoms with Crippen LogP contribution < -0.4 is 0 Å². The van der Waals surface area contributed by atoms with Gasteiger partial charge in [0.25, 0.3) is 0 Å². The van der Waals surface area contributed by atoms with Gasteiger partial charge in [-0.25, -0.2) is 9.48 Å². The van der Waals surface area contributed by atoms with Gasteiger partial charge in [0.15, 0.2) is 0 Å². The molecule has 2 heterocycles. The highest BCUT2D eigenvalue weighted by atomic mass is 32.1. The first-order chi connectivity index (χ1) is 9.24. The molecule has 0 saturated heterocycles. The summed E-state index contributed by atoms with van der Waals surface area (Å²) in [7, 11) is 0. The molecule has 2 aromatic heterocycles. The van der Waals surface area contributed by atoms with E-state index in [-0.39, 0.29) is 5.56 Å². The van der Waals surface area contributed by atoms with Gasteiger partial charge < -0.3 is 5.11 Å². The van der Waals surface area contributed by atoms with E-state index in [0.717, 1.165) is 18.5 Å². The molecule has 0 radical (unpaired) electrons.